The van der Waals surface area contributed by atoms with Gasteiger partial charge in [0.15, 0.2) is 0 Å². The van der Waals surface area contributed by atoms with Crippen molar-refractivity contribution in [3.05, 3.63) is 101 Å². The minimum Gasteiger partial charge on any atom is -0.280 e. The number of hydrogen-bond donors (Lipinski definition) is 1. The lowest BCUT2D eigenvalue weighted by Gasteiger charge is -2.17. The summed E-state index contributed by atoms with van der Waals surface area (Å²) in [5.74, 6) is 0. The molecule has 0 amide bonds. The van der Waals surface area contributed by atoms with Gasteiger partial charge >= 0.3 is 0 Å². The third-order valence-electron chi connectivity index (χ3n) is 4.31. The van der Waals surface area contributed by atoms with Crippen LogP contribution >= 0.6 is 0 Å². The molecule has 30 heavy (non-hydrogen) atoms. The lowest BCUT2D eigenvalue weighted by Crippen LogP contribution is -2.26. The molecule has 0 aliphatic rings. The number of benzene rings is 3. The molecule has 0 heterocycles. The third kappa shape index (κ3) is 5.79. The molecule has 0 unspecified atom stereocenters. The standard InChI is InChI=1S/C22H22N2O4S2/c1-24(18-20-10-6-3-7-11-20)30(27,28)22-14-12-21(13-15-22)23-29(25,26)17-16-19-8-4-2-5-9-19/h2-17,23H,18H2,1H3/b17-16+. The summed E-state index contributed by atoms with van der Waals surface area (Å²) in [4.78, 5) is 0.0868. The van der Waals surface area contributed by atoms with Crippen LogP contribution in [0.1, 0.15) is 11.1 Å². The van der Waals surface area contributed by atoms with Crippen molar-refractivity contribution >= 4 is 31.8 Å². The summed E-state index contributed by atoms with van der Waals surface area (Å²) in [5, 5.41) is 1.07. The largest absolute Gasteiger partial charge is 0.280 e. The van der Waals surface area contributed by atoms with Crippen LogP contribution in [0.15, 0.2) is 95.2 Å². The van der Waals surface area contributed by atoms with Gasteiger partial charge in [-0.25, -0.2) is 16.8 Å². The highest BCUT2D eigenvalue weighted by Gasteiger charge is 2.21. The van der Waals surface area contributed by atoms with Gasteiger partial charge in [-0.3, -0.25) is 4.72 Å². The molecular formula is C22H22N2O4S2. The minimum atomic E-state index is -3.73. The zero-order chi connectivity index (χ0) is 21.6. The first-order valence-corrected chi connectivity index (χ1v) is 12.1. The fourth-order valence-electron chi connectivity index (χ4n) is 2.73. The van der Waals surface area contributed by atoms with Crippen LogP contribution in [0.25, 0.3) is 6.08 Å². The zero-order valence-corrected chi connectivity index (χ0v) is 18.0. The second-order valence-corrected chi connectivity index (χ2v) is 10.2. The molecule has 0 bridgehead atoms. The number of hydrogen-bond acceptors (Lipinski definition) is 4. The SMILES string of the molecule is CN(Cc1ccccc1)S(=O)(=O)c1ccc(NS(=O)(=O)/C=C/c2ccccc2)cc1. The minimum absolute atomic E-state index is 0.0868. The van der Waals surface area contributed by atoms with E-state index in [2.05, 4.69) is 4.72 Å². The molecule has 0 aliphatic heterocycles. The first-order valence-electron chi connectivity index (χ1n) is 9.12. The predicted molar refractivity (Wildman–Crippen MR) is 120 cm³/mol. The number of nitrogens with zero attached hydrogens (tertiary/aromatic N) is 1. The van der Waals surface area contributed by atoms with Gasteiger partial charge in [-0.05, 0) is 41.5 Å². The Balaban J connectivity index is 1.70. The van der Waals surface area contributed by atoms with Crippen LogP contribution in [-0.2, 0) is 26.6 Å². The molecule has 0 spiro atoms. The van der Waals surface area contributed by atoms with Crippen molar-refractivity contribution in [3.8, 4) is 0 Å². The normalized spacial score (nSPS) is 12.3. The van der Waals surface area contributed by atoms with Gasteiger partial charge in [0.1, 0.15) is 0 Å². The van der Waals surface area contributed by atoms with E-state index in [-0.39, 0.29) is 17.1 Å². The summed E-state index contributed by atoms with van der Waals surface area (Å²) in [6, 6.07) is 23.9. The van der Waals surface area contributed by atoms with Crippen LogP contribution in [0.2, 0.25) is 0 Å². The van der Waals surface area contributed by atoms with Crippen molar-refractivity contribution in [2.75, 3.05) is 11.8 Å². The van der Waals surface area contributed by atoms with E-state index >= 15 is 0 Å². The van der Waals surface area contributed by atoms with E-state index in [1.165, 1.54) is 41.7 Å². The smallest absolute Gasteiger partial charge is 0.255 e. The Morgan fingerprint density at radius 1 is 0.800 bits per heavy atom. The van der Waals surface area contributed by atoms with Crippen LogP contribution in [-0.4, -0.2) is 28.2 Å². The molecule has 0 atom stereocenters. The molecule has 6 nitrogen and oxygen atoms in total. The van der Waals surface area contributed by atoms with Gasteiger partial charge in [0.2, 0.25) is 10.0 Å². The van der Waals surface area contributed by atoms with Gasteiger partial charge in [-0.1, -0.05) is 60.7 Å². The number of sulfonamides is 2. The van der Waals surface area contributed by atoms with Gasteiger partial charge in [-0.15, -0.1) is 0 Å². The lowest BCUT2D eigenvalue weighted by atomic mass is 10.2. The molecule has 0 saturated carbocycles. The Morgan fingerprint density at radius 3 is 1.97 bits per heavy atom. The van der Waals surface area contributed by atoms with E-state index in [9.17, 15) is 16.8 Å². The van der Waals surface area contributed by atoms with E-state index in [1.54, 1.807) is 12.1 Å². The average Bonchev–Trinajstić information content (AvgIpc) is 2.74. The highest BCUT2D eigenvalue weighted by molar-refractivity contribution is 7.95. The van der Waals surface area contributed by atoms with E-state index < -0.39 is 20.0 Å². The number of rotatable bonds is 8. The molecular weight excluding hydrogens is 420 g/mol. The summed E-state index contributed by atoms with van der Waals surface area (Å²) in [6.45, 7) is 0.238. The molecule has 3 aromatic carbocycles. The fourth-order valence-corrected chi connectivity index (χ4v) is 4.76. The average molecular weight is 443 g/mol. The van der Waals surface area contributed by atoms with E-state index in [0.29, 0.717) is 0 Å². The Morgan fingerprint density at radius 2 is 1.37 bits per heavy atom. The molecule has 0 saturated heterocycles. The van der Waals surface area contributed by atoms with Crippen LogP contribution in [0.3, 0.4) is 0 Å². The molecule has 3 aromatic rings. The van der Waals surface area contributed by atoms with E-state index in [4.69, 9.17) is 0 Å². The second kappa shape index (κ2) is 9.25. The van der Waals surface area contributed by atoms with Crippen molar-refractivity contribution < 1.29 is 16.8 Å². The summed E-state index contributed by atoms with van der Waals surface area (Å²) >= 11 is 0. The van der Waals surface area contributed by atoms with Crippen LogP contribution in [0, 0.1) is 0 Å². The van der Waals surface area contributed by atoms with Crippen LogP contribution < -0.4 is 4.72 Å². The molecule has 0 radical (unpaired) electrons. The summed E-state index contributed by atoms with van der Waals surface area (Å²) in [6.07, 6.45) is 1.49. The Kier molecular flexibility index (Phi) is 6.71. The van der Waals surface area contributed by atoms with Crippen LogP contribution in [0.5, 0.6) is 0 Å². The van der Waals surface area contributed by atoms with Gasteiger partial charge < -0.3 is 0 Å². The maximum atomic E-state index is 12.8. The van der Waals surface area contributed by atoms with E-state index in [0.717, 1.165) is 16.5 Å². The summed E-state index contributed by atoms with van der Waals surface area (Å²) in [5.41, 5.74) is 1.90. The first-order chi connectivity index (χ1) is 14.3. The molecule has 1 N–H and O–H groups in total. The quantitative estimate of drug-likeness (QED) is 0.573. The van der Waals surface area contributed by atoms with Crippen molar-refractivity contribution in [2.45, 2.75) is 11.4 Å². The molecule has 3 rings (SSSR count). The first kappa shape index (κ1) is 21.8. The Bertz CT molecular complexity index is 1210. The van der Waals surface area contributed by atoms with Gasteiger partial charge in [0.05, 0.1) is 10.3 Å². The van der Waals surface area contributed by atoms with Crippen molar-refractivity contribution in [1.82, 2.24) is 4.31 Å². The summed E-state index contributed by atoms with van der Waals surface area (Å²) in [7, 11) is -5.92. The fraction of sp³-hybridized carbons (Fsp3) is 0.0909. The maximum Gasteiger partial charge on any atom is 0.255 e. The predicted octanol–water partition coefficient (Wildman–Crippen LogP) is 3.92. The molecule has 0 aliphatic carbocycles. The highest BCUT2D eigenvalue weighted by atomic mass is 32.2. The summed E-state index contributed by atoms with van der Waals surface area (Å²) < 4.78 is 53.7. The van der Waals surface area contributed by atoms with Crippen molar-refractivity contribution in [3.63, 3.8) is 0 Å². The van der Waals surface area contributed by atoms with Crippen molar-refractivity contribution in [1.29, 1.82) is 0 Å². The molecule has 0 aromatic heterocycles. The zero-order valence-electron chi connectivity index (χ0n) is 16.3. The highest BCUT2D eigenvalue weighted by Crippen LogP contribution is 2.20. The molecule has 8 heteroatoms. The molecule has 0 fully saturated rings. The monoisotopic (exact) mass is 442 g/mol. The van der Waals surface area contributed by atoms with Gasteiger partial charge in [0.25, 0.3) is 10.0 Å². The second-order valence-electron chi connectivity index (χ2n) is 6.63. The molecule has 156 valence electrons. The Labute approximate surface area is 177 Å². The topological polar surface area (TPSA) is 83.6 Å². The number of anilines is 1. The number of nitrogens with one attached hydrogen (secondary N) is 1. The van der Waals surface area contributed by atoms with Crippen molar-refractivity contribution in [2.24, 2.45) is 0 Å². The lowest BCUT2D eigenvalue weighted by molar-refractivity contribution is 0.467. The Hall–Kier alpha value is -2.94. The van der Waals surface area contributed by atoms with Gasteiger partial charge in [-0.2, -0.15) is 4.31 Å². The van der Waals surface area contributed by atoms with E-state index in [1.807, 2.05) is 48.5 Å². The van der Waals surface area contributed by atoms with Crippen LogP contribution in [0.4, 0.5) is 5.69 Å². The maximum absolute atomic E-state index is 12.8. The third-order valence-corrected chi connectivity index (χ3v) is 7.14. The van der Waals surface area contributed by atoms with Gasteiger partial charge in [0, 0.05) is 19.3 Å².